The van der Waals surface area contributed by atoms with Crippen LogP contribution < -0.4 is 0 Å². The molecule has 39 heavy (non-hydrogen) atoms. The molecule has 3 atom stereocenters. The number of piperidine rings is 1. The molecule has 0 radical (unpaired) electrons. The first-order valence-corrected chi connectivity index (χ1v) is 12.8. The number of alkyl halides is 6. The van der Waals surface area contributed by atoms with Crippen LogP contribution in [0.1, 0.15) is 45.8 Å². The quantitative estimate of drug-likeness (QED) is 0.377. The van der Waals surface area contributed by atoms with Gasteiger partial charge in [-0.3, -0.25) is 9.59 Å². The Hall–Kier alpha value is -2.50. The van der Waals surface area contributed by atoms with Gasteiger partial charge in [-0.25, -0.2) is 0 Å². The van der Waals surface area contributed by atoms with Crippen molar-refractivity contribution in [3.8, 4) is 0 Å². The highest BCUT2D eigenvalue weighted by Gasteiger charge is 2.41. The van der Waals surface area contributed by atoms with Gasteiger partial charge >= 0.3 is 12.4 Å². The number of nitrogens with zero attached hydrogens (tertiary/aromatic N) is 2. The number of hydrogen-bond acceptors (Lipinski definition) is 3. The maximum absolute atomic E-state index is 13.4. The number of halogens is 8. The van der Waals surface area contributed by atoms with E-state index in [2.05, 4.69) is 0 Å². The van der Waals surface area contributed by atoms with Crippen molar-refractivity contribution in [3.63, 3.8) is 0 Å². The van der Waals surface area contributed by atoms with E-state index in [-0.39, 0.29) is 47.4 Å². The molecule has 4 rings (SSSR count). The third-order valence-electron chi connectivity index (χ3n) is 7.19. The van der Waals surface area contributed by atoms with Gasteiger partial charge in [-0.05, 0) is 48.7 Å². The van der Waals surface area contributed by atoms with Gasteiger partial charge in [-0.2, -0.15) is 26.3 Å². The lowest BCUT2D eigenvalue weighted by atomic mass is 9.84. The van der Waals surface area contributed by atoms with E-state index in [4.69, 9.17) is 27.9 Å². The number of rotatable bonds is 4. The minimum atomic E-state index is -5.09. The highest BCUT2D eigenvalue weighted by molar-refractivity contribution is 6.42. The minimum Gasteiger partial charge on any atom is -0.381 e. The van der Waals surface area contributed by atoms with Gasteiger partial charge in [0.15, 0.2) is 0 Å². The van der Waals surface area contributed by atoms with Crippen LogP contribution in [-0.4, -0.2) is 61.0 Å². The summed E-state index contributed by atoms with van der Waals surface area (Å²) in [5, 5.41) is 0.499. The third-order valence-corrected chi connectivity index (χ3v) is 7.93. The molecule has 0 saturated carbocycles. The summed E-state index contributed by atoms with van der Waals surface area (Å²) in [4.78, 5) is 29.3. The predicted molar refractivity (Wildman–Crippen MR) is 132 cm³/mol. The Bertz CT molecular complexity index is 1210. The molecule has 0 bridgehead atoms. The molecular formula is C26H24Cl2F6N2O3. The van der Waals surface area contributed by atoms with Crippen molar-refractivity contribution in [2.24, 2.45) is 5.92 Å². The molecule has 5 nitrogen and oxygen atoms in total. The van der Waals surface area contributed by atoms with Gasteiger partial charge in [0.1, 0.15) is 0 Å². The molecule has 2 fully saturated rings. The molecular weight excluding hydrogens is 573 g/mol. The van der Waals surface area contributed by atoms with Crippen molar-refractivity contribution in [2.45, 2.75) is 37.2 Å². The summed E-state index contributed by atoms with van der Waals surface area (Å²) in [6, 6.07) is 4.95. The average molecular weight is 597 g/mol. The number of likely N-dealkylation sites (N-methyl/N-ethyl adjacent to an activating group) is 1. The molecule has 2 aromatic rings. The molecule has 0 spiro atoms. The molecule has 0 N–H and O–H groups in total. The van der Waals surface area contributed by atoms with E-state index in [1.807, 2.05) is 0 Å². The first-order chi connectivity index (χ1) is 18.2. The molecule has 0 aromatic heterocycles. The van der Waals surface area contributed by atoms with E-state index < -0.39 is 46.9 Å². The SMILES string of the molecule is CN(C(=O)c1cc(C(F)(F)F)cc(C(F)(F)F)c1)[C@@H]1CCN(C(=O)C2CCOC2)C[C@H]1c1ccc(Cl)c(Cl)c1. The van der Waals surface area contributed by atoms with Crippen LogP contribution in [0.2, 0.25) is 10.0 Å². The van der Waals surface area contributed by atoms with Crippen molar-refractivity contribution in [2.75, 3.05) is 33.4 Å². The maximum Gasteiger partial charge on any atom is 0.416 e. The Morgan fingerprint density at radius 2 is 1.59 bits per heavy atom. The molecule has 2 heterocycles. The Morgan fingerprint density at radius 1 is 0.949 bits per heavy atom. The molecule has 2 aromatic carbocycles. The summed E-state index contributed by atoms with van der Waals surface area (Å²) in [6.07, 6.45) is -9.37. The summed E-state index contributed by atoms with van der Waals surface area (Å²) in [5.41, 5.74) is -3.27. The van der Waals surface area contributed by atoms with Crippen LogP contribution in [0.25, 0.3) is 0 Å². The summed E-state index contributed by atoms with van der Waals surface area (Å²) in [5.74, 6) is -1.97. The number of carbonyl (C=O) groups excluding carboxylic acids is 2. The van der Waals surface area contributed by atoms with Crippen LogP contribution in [0, 0.1) is 5.92 Å². The molecule has 212 valence electrons. The zero-order valence-corrected chi connectivity index (χ0v) is 22.1. The van der Waals surface area contributed by atoms with E-state index in [1.165, 1.54) is 7.05 Å². The summed E-state index contributed by atoms with van der Waals surface area (Å²) in [6.45, 7) is 1.17. The largest absolute Gasteiger partial charge is 0.416 e. The number of likely N-dealkylation sites (tertiary alicyclic amines) is 1. The highest BCUT2D eigenvalue weighted by atomic mass is 35.5. The van der Waals surface area contributed by atoms with Crippen molar-refractivity contribution >= 4 is 35.0 Å². The van der Waals surface area contributed by atoms with Crippen LogP contribution in [0.5, 0.6) is 0 Å². The number of benzene rings is 2. The molecule has 2 saturated heterocycles. The maximum atomic E-state index is 13.4. The molecule has 1 unspecified atom stereocenters. The zero-order chi connectivity index (χ0) is 28.7. The van der Waals surface area contributed by atoms with E-state index >= 15 is 0 Å². The first kappa shape index (κ1) is 29.5. The van der Waals surface area contributed by atoms with Crippen LogP contribution in [0.4, 0.5) is 26.3 Å². The summed E-state index contributed by atoms with van der Waals surface area (Å²) in [7, 11) is 1.33. The van der Waals surface area contributed by atoms with E-state index in [0.717, 1.165) is 4.90 Å². The van der Waals surface area contributed by atoms with Crippen molar-refractivity contribution in [1.82, 2.24) is 9.80 Å². The Kier molecular flexibility index (Phi) is 8.45. The van der Waals surface area contributed by atoms with E-state index in [9.17, 15) is 35.9 Å². The topological polar surface area (TPSA) is 49.9 Å². The van der Waals surface area contributed by atoms with Crippen molar-refractivity contribution < 1.29 is 40.7 Å². The Balaban J connectivity index is 1.68. The summed E-state index contributed by atoms with van der Waals surface area (Å²) >= 11 is 12.3. The Labute approximate surface area is 230 Å². The second-order valence-electron chi connectivity index (χ2n) is 9.69. The van der Waals surface area contributed by atoms with Crippen LogP contribution in [0.15, 0.2) is 36.4 Å². The Morgan fingerprint density at radius 3 is 2.13 bits per heavy atom. The molecule has 2 aliphatic heterocycles. The van der Waals surface area contributed by atoms with Gasteiger partial charge in [-0.15, -0.1) is 0 Å². The van der Waals surface area contributed by atoms with Gasteiger partial charge in [0.05, 0.1) is 33.7 Å². The third kappa shape index (κ3) is 6.47. The van der Waals surface area contributed by atoms with Gasteiger partial charge in [0.2, 0.25) is 5.91 Å². The number of ether oxygens (including phenoxy) is 1. The molecule has 2 amide bonds. The molecule has 13 heteroatoms. The molecule has 2 aliphatic rings. The van der Waals surface area contributed by atoms with Crippen molar-refractivity contribution in [3.05, 3.63) is 68.7 Å². The first-order valence-electron chi connectivity index (χ1n) is 12.0. The van der Waals surface area contributed by atoms with E-state index in [0.29, 0.717) is 37.3 Å². The second-order valence-corrected chi connectivity index (χ2v) is 10.5. The number of carbonyl (C=O) groups is 2. The van der Waals surface area contributed by atoms with Crippen LogP contribution in [0.3, 0.4) is 0 Å². The average Bonchev–Trinajstić information content (AvgIpc) is 3.42. The fraction of sp³-hybridized carbons (Fsp3) is 0.462. The van der Waals surface area contributed by atoms with Gasteiger partial charge < -0.3 is 14.5 Å². The van der Waals surface area contributed by atoms with Crippen LogP contribution >= 0.6 is 23.2 Å². The smallest absolute Gasteiger partial charge is 0.381 e. The number of amides is 2. The standard InChI is InChI=1S/C26H24Cl2F6N2O3/c1-35(23(37)16-8-17(25(29,30)31)11-18(9-16)26(32,33)34)22-4-6-36(24(38)15-5-7-39-13-15)12-19(22)14-2-3-20(27)21(28)10-14/h2-3,8-11,15,19,22H,4-7,12-13H2,1H3/t15?,19-,22+/m0/s1. The lowest BCUT2D eigenvalue weighted by Crippen LogP contribution is -2.53. The van der Waals surface area contributed by atoms with Crippen molar-refractivity contribution in [1.29, 1.82) is 0 Å². The van der Waals surface area contributed by atoms with Crippen LogP contribution in [-0.2, 0) is 21.9 Å². The van der Waals surface area contributed by atoms with Gasteiger partial charge in [-0.1, -0.05) is 29.3 Å². The highest BCUT2D eigenvalue weighted by Crippen LogP contribution is 2.38. The lowest BCUT2D eigenvalue weighted by molar-refractivity contribution is -0.143. The van der Waals surface area contributed by atoms with E-state index in [1.54, 1.807) is 23.1 Å². The minimum absolute atomic E-state index is 0.0217. The number of hydrogen-bond donors (Lipinski definition) is 0. The normalized spacial score (nSPS) is 22.2. The zero-order valence-electron chi connectivity index (χ0n) is 20.6. The lowest BCUT2D eigenvalue weighted by Gasteiger charge is -2.43. The monoisotopic (exact) mass is 596 g/mol. The predicted octanol–water partition coefficient (Wildman–Crippen LogP) is 6.52. The fourth-order valence-corrected chi connectivity index (χ4v) is 5.40. The fourth-order valence-electron chi connectivity index (χ4n) is 5.09. The molecule has 0 aliphatic carbocycles. The second kappa shape index (κ2) is 11.2. The van der Waals surface area contributed by atoms with Gasteiger partial charge in [0, 0.05) is 44.3 Å². The van der Waals surface area contributed by atoms with Gasteiger partial charge in [0.25, 0.3) is 5.91 Å². The summed E-state index contributed by atoms with van der Waals surface area (Å²) < 4.78 is 85.7.